The van der Waals surface area contributed by atoms with Crippen LogP contribution in [0.2, 0.25) is 0 Å². The van der Waals surface area contributed by atoms with E-state index in [0.29, 0.717) is 5.69 Å². The van der Waals surface area contributed by atoms with Gasteiger partial charge in [0.15, 0.2) is 0 Å². The third-order valence-corrected chi connectivity index (χ3v) is 3.03. The maximum atomic E-state index is 12.2. The number of carbonyl (C=O) groups excluding carboxylic acids is 2. The molecule has 2 aromatic rings. The number of anilines is 1. The topological polar surface area (TPSA) is 75.6 Å². The second-order valence-corrected chi connectivity index (χ2v) is 4.78. The first-order chi connectivity index (χ1) is 10.5. The van der Waals surface area contributed by atoms with Gasteiger partial charge in [-0.3, -0.25) is 4.79 Å². The fraction of sp³-hybridized carbons (Fsp3) is 0.176. The SMILES string of the molecule is CCOC(=O)c1cc(C(=O)Nc2cccc(C)c2)ccc1O. The van der Waals surface area contributed by atoms with Gasteiger partial charge in [0.05, 0.1) is 6.61 Å². The van der Waals surface area contributed by atoms with Crippen LogP contribution in [0.5, 0.6) is 5.75 Å². The van der Waals surface area contributed by atoms with E-state index in [1.165, 1.54) is 18.2 Å². The third-order valence-electron chi connectivity index (χ3n) is 3.03. The fourth-order valence-corrected chi connectivity index (χ4v) is 1.98. The van der Waals surface area contributed by atoms with Crippen LogP contribution in [0.15, 0.2) is 42.5 Å². The van der Waals surface area contributed by atoms with Crippen LogP contribution in [0.1, 0.15) is 33.2 Å². The number of hydrogen-bond acceptors (Lipinski definition) is 4. The standard InChI is InChI=1S/C17H17NO4/c1-3-22-17(21)14-10-12(7-8-15(14)19)16(20)18-13-6-4-5-11(2)9-13/h4-10,19H,3H2,1-2H3,(H,18,20). The molecule has 0 bridgehead atoms. The van der Waals surface area contributed by atoms with Gasteiger partial charge in [-0.2, -0.15) is 0 Å². The minimum atomic E-state index is -0.662. The van der Waals surface area contributed by atoms with Crippen LogP contribution < -0.4 is 5.32 Å². The van der Waals surface area contributed by atoms with Crippen molar-refractivity contribution in [2.24, 2.45) is 0 Å². The van der Waals surface area contributed by atoms with Crippen molar-refractivity contribution in [2.45, 2.75) is 13.8 Å². The lowest BCUT2D eigenvalue weighted by Gasteiger charge is -2.09. The molecule has 0 spiro atoms. The zero-order valence-corrected chi connectivity index (χ0v) is 12.4. The molecule has 22 heavy (non-hydrogen) atoms. The Hall–Kier alpha value is -2.82. The number of phenols is 1. The van der Waals surface area contributed by atoms with Gasteiger partial charge >= 0.3 is 5.97 Å². The average Bonchev–Trinajstić information content (AvgIpc) is 2.47. The third kappa shape index (κ3) is 3.63. The van der Waals surface area contributed by atoms with E-state index in [2.05, 4.69) is 5.32 Å². The number of aromatic hydroxyl groups is 1. The summed E-state index contributed by atoms with van der Waals surface area (Å²) >= 11 is 0. The number of carbonyl (C=O) groups is 2. The van der Waals surface area contributed by atoms with E-state index in [1.54, 1.807) is 13.0 Å². The van der Waals surface area contributed by atoms with Crippen molar-refractivity contribution in [1.82, 2.24) is 0 Å². The highest BCUT2D eigenvalue weighted by atomic mass is 16.5. The minimum absolute atomic E-state index is 0.0289. The molecule has 114 valence electrons. The second-order valence-electron chi connectivity index (χ2n) is 4.78. The highest BCUT2D eigenvalue weighted by Crippen LogP contribution is 2.20. The molecule has 5 heteroatoms. The predicted octanol–water partition coefficient (Wildman–Crippen LogP) is 3.13. The van der Waals surface area contributed by atoms with Gasteiger partial charge in [-0.15, -0.1) is 0 Å². The van der Waals surface area contributed by atoms with E-state index in [-0.39, 0.29) is 29.4 Å². The summed E-state index contributed by atoms with van der Waals surface area (Å²) in [6.45, 7) is 3.79. The average molecular weight is 299 g/mol. The zero-order chi connectivity index (χ0) is 16.1. The zero-order valence-electron chi connectivity index (χ0n) is 12.4. The first-order valence-electron chi connectivity index (χ1n) is 6.89. The monoisotopic (exact) mass is 299 g/mol. The molecule has 0 saturated carbocycles. The highest BCUT2D eigenvalue weighted by molar-refractivity contribution is 6.06. The lowest BCUT2D eigenvalue weighted by molar-refractivity contribution is 0.0523. The lowest BCUT2D eigenvalue weighted by atomic mass is 10.1. The van der Waals surface area contributed by atoms with Gasteiger partial charge in [-0.25, -0.2) is 4.79 Å². The van der Waals surface area contributed by atoms with Gasteiger partial charge in [-0.05, 0) is 49.7 Å². The summed E-state index contributed by atoms with van der Waals surface area (Å²) in [7, 11) is 0. The molecule has 0 aliphatic carbocycles. The molecule has 5 nitrogen and oxygen atoms in total. The Labute approximate surface area is 128 Å². The number of amides is 1. The van der Waals surface area contributed by atoms with Crippen molar-refractivity contribution < 1.29 is 19.4 Å². The van der Waals surface area contributed by atoms with E-state index in [1.807, 2.05) is 25.1 Å². The highest BCUT2D eigenvalue weighted by Gasteiger charge is 2.16. The number of aryl methyl sites for hydroxylation is 1. The molecule has 2 N–H and O–H groups in total. The van der Waals surface area contributed by atoms with Crippen molar-refractivity contribution in [3.05, 3.63) is 59.2 Å². The Morgan fingerprint density at radius 2 is 1.95 bits per heavy atom. The minimum Gasteiger partial charge on any atom is -0.507 e. The predicted molar refractivity (Wildman–Crippen MR) is 83.2 cm³/mol. The molecule has 2 aromatic carbocycles. The largest absolute Gasteiger partial charge is 0.507 e. The molecular weight excluding hydrogens is 282 g/mol. The normalized spacial score (nSPS) is 10.1. The Morgan fingerprint density at radius 1 is 1.18 bits per heavy atom. The van der Waals surface area contributed by atoms with Crippen molar-refractivity contribution in [3.63, 3.8) is 0 Å². The van der Waals surface area contributed by atoms with Crippen LogP contribution >= 0.6 is 0 Å². The fourth-order valence-electron chi connectivity index (χ4n) is 1.98. The van der Waals surface area contributed by atoms with Crippen molar-refractivity contribution in [1.29, 1.82) is 0 Å². The molecule has 0 fully saturated rings. The molecule has 1 amide bonds. The number of ether oxygens (including phenoxy) is 1. The van der Waals surface area contributed by atoms with E-state index in [0.717, 1.165) is 5.56 Å². The smallest absolute Gasteiger partial charge is 0.341 e. The Morgan fingerprint density at radius 3 is 2.64 bits per heavy atom. The summed E-state index contributed by atoms with van der Waals surface area (Å²) in [5, 5.41) is 12.5. The Balaban J connectivity index is 2.23. The molecule has 0 aromatic heterocycles. The molecule has 0 heterocycles. The molecular formula is C17H17NO4. The number of benzene rings is 2. The molecule has 0 radical (unpaired) electrons. The van der Waals surface area contributed by atoms with Crippen molar-refractivity contribution in [2.75, 3.05) is 11.9 Å². The van der Waals surface area contributed by atoms with Gasteiger partial charge in [0.25, 0.3) is 5.91 Å². The van der Waals surface area contributed by atoms with E-state index in [9.17, 15) is 14.7 Å². The van der Waals surface area contributed by atoms with Gasteiger partial charge < -0.3 is 15.2 Å². The van der Waals surface area contributed by atoms with Crippen LogP contribution in [-0.4, -0.2) is 23.6 Å². The molecule has 0 saturated heterocycles. The molecule has 2 rings (SSSR count). The molecule has 0 atom stereocenters. The van der Waals surface area contributed by atoms with Gasteiger partial charge in [-0.1, -0.05) is 12.1 Å². The summed E-state index contributed by atoms with van der Waals surface area (Å²) in [5.41, 5.74) is 1.92. The van der Waals surface area contributed by atoms with Gasteiger partial charge in [0.1, 0.15) is 11.3 Å². The summed E-state index contributed by atoms with van der Waals surface area (Å²) in [5.74, 6) is -1.24. The van der Waals surface area contributed by atoms with E-state index < -0.39 is 5.97 Å². The Kier molecular flexibility index (Phi) is 4.78. The second kappa shape index (κ2) is 6.76. The maximum Gasteiger partial charge on any atom is 0.341 e. The van der Waals surface area contributed by atoms with Crippen LogP contribution in [-0.2, 0) is 4.74 Å². The number of nitrogens with one attached hydrogen (secondary N) is 1. The lowest BCUT2D eigenvalue weighted by Crippen LogP contribution is -2.13. The summed E-state index contributed by atoms with van der Waals surface area (Å²) in [6, 6.07) is 11.4. The van der Waals surface area contributed by atoms with Crippen LogP contribution in [0.3, 0.4) is 0 Å². The van der Waals surface area contributed by atoms with Crippen molar-refractivity contribution in [3.8, 4) is 5.75 Å². The number of rotatable bonds is 4. The van der Waals surface area contributed by atoms with Crippen LogP contribution in [0, 0.1) is 6.92 Å². The summed E-state index contributed by atoms with van der Waals surface area (Å²) in [6.07, 6.45) is 0. The van der Waals surface area contributed by atoms with E-state index >= 15 is 0 Å². The van der Waals surface area contributed by atoms with Gasteiger partial charge in [0, 0.05) is 11.3 Å². The number of esters is 1. The Bertz CT molecular complexity index is 710. The quantitative estimate of drug-likeness (QED) is 0.850. The number of hydrogen-bond donors (Lipinski definition) is 2. The number of phenolic OH excluding ortho intramolecular Hbond substituents is 1. The summed E-state index contributed by atoms with van der Waals surface area (Å²) < 4.78 is 4.85. The molecule has 0 aliphatic rings. The van der Waals surface area contributed by atoms with Crippen molar-refractivity contribution >= 4 is 17.6 Å². The van der Waals surface area contributed by atoms with Crippen LogP contribution in [0.4, 0.5) is 5.69 Å². The van der Waals surface area contributed by atoms with Crippen LogP contribution in [0.25, 0.3) is 0 Å². The summed E-state index contributed by atoms with van der Waals surface area (Å²) in [4.78, 5) is 24.0. The van der Waals surface area contributed by atoms with Gasteiger partial charge in [0.2, 0.25) is 0 Å². The molecule has 0 aliphatic heterocycles. The first kappa shape index (κ1) is 15.6. The maximum absolute atomic E-state index is 12.2. The molecule has 0 unspecified atom stereocenters. The first-order valence-corrected chi connectivity index (χ1v) is 6.89. The van der Waals surface area contributed by atoms with E-state index in [4.69, 9.17) is 4.74 Å².